The summed E-state index contributed by atoms with van der Waals surface area (Å²) in [5, 5.41) is 4.30. The third-order valence-corrected chi connectivity index (χ3v) is 4.50. The number of piperazine rings is 1. The van der Waals surface area contributed by atoms with Crippen molar-refractivity contribution in [1.82, 2.24) is 15.1 Å². The normalized spacial score (nSPS) is 21.3. The maximum absolute atomic E-state index is 5.55. The molecular formula is C16H27N3S. The van der Waals surface area contributed by atoms with Crippen LogP contribution in [-0.4, -0.2) is 46.6 Å². The molecule has 1 saturated heterocycles. The lowest BCUT2D eigenvalue weighted by molar-refractivity contribution is 0.0882. The molecule has 0 aromatic carbocycles. The van der Waals surface area contributed by atoms with Crippen molar-refractivity contribution in [1.29, 1.82) is 0 Å². The van der Waals surface area contributed by atoms with Gasteiger partial charge in [0.15, 0.2) is 5.11 Å². The molecule has 2 aliphatic rings. The van der Waals surface area contributed by atoms with Crippen molar-refractivity contribution < 1.29 is 0 Å². The summed E-state index contributed by atoms with van der Waals surface area (Å²) < 4.78 is 0. The van der Waals surface area contributed by atoms with Gasteiger partial charge in [0.25, 0.3) is 0 Å². The number of thiocarbonyl (C=S) groups is 1. The van der Waals surface area contributed by atoms with Crippen molar-refractivity contribution in [2.75, 3.05) is 26.2 Å². The van der Waals surface area contributed by atoms with Crippen LogP contribution < -0.4 is 5.32 Å². The number of nitrogens with one attached hydrogen (secondary N) is 1. The lowest BCUT2D eigenvalue weighted by Gasteiger charge is -2.43. The minimum atomic E-state index is 0.259. The molecule has 2 rings (SSSR count). The topological polar surface area (TPSA) is 18.5 Å². The molecular weight excluding hydrogens is 266 g/mol. The van der Waals surface area contributed by atoms with Crippen molar-refractivity contribution in [3.63, 3.8) is 0 Å². The summed E-state index contributed by atoms with van der Waals surface area (Å²) in [6, 6.07) is 0. The van der Waals surface area contributed by atoms with Gasteiger partial charge in [-0.2, -0.15) is 0 Å². The Kier molecular flexibility index (Phi) is 4.86. The minimum absolute atomic E-state index is 0.259. The van der Waals surface area contributed by atoms with Crippen LogP contribution in [0.1, 0.15) is 40.5 Å². The van der Waals surface area contributed by atoms with Crippen LogP contribution in [0.5, 0.6) is 0 Å². The average Bonchev–Trinajstić information content (AvgIpc) is 2.40. The molecule has 0 spiro atoms. The first-order valence-corrected chi connectivity index (χ1v) is 7.94. The monoisotopic (exact) mass is 293 g/mol. The van der Waals surface area contributed by atoms with E-state index in [1.807, 2.05) is 0 Å². The first kappa shape index (κ1) is 15.5. The molecule has 112 valence electrons. The Labute approximate surface area is 128 Å². The molecule has 1 heterocycles. The van der Waals surface area contributed by atoms with Gasteiger partial charge in [0.1, 0.15) is 0 Å². The highest BCUT2D eigenvalue weighted by atomic mass is 32.1. The van der Waals surface area contributed by atoms with E-state index in [2.05, 4.69) is 55.0 Å². The van der Waals surface area contributed by atoms with Crippen molar-refractivity contribution in [3.05, 3.63) is 23.4 Å². The van der Waals surface area contributed by atoms with E-state index in [-0.39, 0.29) is 5.54 Å². The van der Waals surface area contributed by atoms with Gasteiger partial charge in [-0.1, -0.05) is 11.6 Å². The Morgan fingerprint density at radius 3 is 2.25 bits per heavy atom. The van der Waals surface area contributed by atoms with Gasteiger partial charge < -0.3 is 10.2 Å². The van der Waals surface area contributed by atoms with Crippen LogP contribution in [0.2, 0.25) is 0 Å². The van der Waals surface area contributed by atoms with Crippen molar-refractivity contribution in [2.24, 2.45) is 0 Å². The van der Waals surface area contributed by atoms with Gasteiger partial charge in [-0.15, -0.1) is 0 Å². The van der Waals surface area contributed by atoms with E-state index >= 15 is 0 Å². The van der Waals surface area contributed by atoms with Crippen LogP contribution in [0.3, 0.4) is 0 Å². The minimum Gasteiger partial charge on any atom is -0.346 e. The zero-order valence-corrected chi connectivity index (χ0v) is 14.0. The fraction of sp³-hybridized carbons (Fsp3) is 0.688. The highest BCUT2D eigenvalue weighted by molar-refractivity contribution is 7.80. The van der Waals surface area contributed by atoms with Gasteiger partial charge in [0.05, 0.1) is 0 Å². The van der Waals surface area contributed by atoms with E-state index in [0.717, 1.165) is 44.1 Å². The molecule has 1 aliphatic carbocycles. The summed E-state index contributed by atoms with van der Waals surface area (Å²) in [6.07, 6.45) is 6.56. The first-order chi connectivity index (χ1) is 9.36. The maximum atomic E-state index is 5.55. The Balaban J connectivity index is 1.84. The summed E-state index contributed by atoms with van der Waals surface area (Å²) in [6.45, 7) is 13.2. The van der Waals surface area contributed by atoms with E-state index in [1.165, 1.54) is 11.3 Å². The Morgan fingerprint density at radius 1 is 1.10 bits per heavy atom. The van der Waals surface area contributed by atoms with E-state index < -0.39 is 0 Å². The average molecular weight is 293 g/mol. The standard InChI is InChI=1S/C16H27N3S/c1-13-5-7-14(8-6-13)17-15(20)18-9-11-19(12-10-18)16(2,3)4/h5,7H,6,8-12H2,1-4H3,(H,17,20). The van der Waals surface area contributed by atoms with Crippen molar-refractivity contribution in [2.45, 2.75) is 46.1 Å². The van der Waals surface area contributed by atoms with E-state index in [9.17, 15) is 0 Å². The lowest BCUT2D eigenvalue weighted by atomic mass is 10.0. The number of allylic oxidation sites excluding steroid dienone is 4. The van der Waals surface area contributed by atoms with Crippen LogP contribution in [0, 0.1) is 0 Å². The molecule has 4 heteroatoms. The van der Waals surface area contributed by atoms with Crippen molar-refractivity contribution in [3.8, 4) is 0 Å². The molecule has 0 aromatic rings. The Bertz CT molecular complexity index is 423. The molecule has 0 saturated carbocycles. The third kappa shape index (κ3) is 4.06. The predicted octanol–water partition coefficient (Wildman–Crippen LogP) is 2.90. The van der Waals surface area contributed by atoms with Crippen LogP contribution in [0.15, 0.2) is 23.4 Å². The summed E-state index contributed by atoms with van der Waals surface area (Å²) in [5.41, 5.74) is 2.95. The number of nitrogens with zero attached hydrogens (tertiary/aromatic N) is 2. The van der Waals surface area contributed by atoms with Crippen molar-refractivity contribution >= 4 is 17.3 Å². The fourth-order valence-electron chi connectivity index (χ4n) is 2.64. The number of hydrogen-bond acceptors (Lipinski definition) is 2. The fourth-order valence-corrected chi connectivity index (χ4v) is 2.96. The second-order valence-corrected chi connectivity index (χ2v) is 7.17. The molecule has 0 bridgehead atoms. The zero-order valence-electron chi connectivity index (χ0n) is 13.2. The highest BCUT2D eigenvalue weighted by Gasteiger charge is 2.26. The van der Waals surface area contributed by atoms with Crippen LogP contribution in [0.25, 0.3) is 0 Å². The molecule has 20 heavy (non-hydrogen) atoms. The second-order valence-electron chi connectivity index (χ2n) is 6.78. The number of rotatable bonds is 1. The predicted molar refractivity (Wildman–Crippen MR) is 89.7 cm³/mol. The smallest absolute Gasteiger partial charge is 0.173 e. The molecule has 0 unspecified atom stereocenters. The Morgan fingerprint density at radius 2 is 1.75 bits per heavy atom. The van der Waals surface area contributed by atoms with Gasteiger partial charge in [0.2, 0.25) is 0 Å². The highest BCUT2D eigenvalue weighted by Crippen LogP contribution is 2.18. The second kappa shape index (κ2) is 6.27. The van der Waals surface area contributed by atoms with Crippen LogP contribution in [0.4, 0.5) is 0 Å². The molecule has 1 N–H and O–H groups in total. The van der Waals surface area contributed by atoms with E-state index in [1.54, 1.807) is 0 Å². The van der Waals surface area contributed by atoms with Gasteiger partial charge >= 0.3 is 0 Å². The van der Waals surface area contributed by atoms with Gasteiger partial charge in [-0.25, -0.2) is 0 Å². The molecule has 3 nitrogen and oxygen atoms in total. The molecule has 1 aliphatic heterocycles. The Hall–Kier alpha value is -0.870. The molecule has 0 aromatic heterocycles. The number of hydrogen-bond donors (Lipinski definition) is 1. The summed E-state index contributed by atoms with van der Waals surface area (Å²) in [4.78, 5) is 4.82. The molecule has 0 atom stereocenters. The molecule has 0 radical (unpaired) electrons. The van der Waals surface area contributed by atoms with Crippen LogP contribution in [-0.2, 0) is 0 Å². The zero-order chi connectivity index (χ0) is 14.8. The summed E-state index contributed by atoms with van der Waals surface area (Å²) in [5.74, 6) is 0. The summed E-state index contributed by atoms with van der Waals surface area (Å²) in [7, 11) is 0. The SMILES string of the molecule is CC1=CC=C(NC(=S)N2CCN(C(C)(C)C)CC2)CC1. The largest absolute Gasteiger partial charge is 0.346 e. The first-order valence-electron chi connectivity index (χ1n) is 7.53. The third-order valence-electron chi connectivity index (χ3n) is 4.14. The molecule has 1 fully saturated rings. The van der Waals surface area contributed by atoms with Crippen LogP contribution >= 0.6 is 12.2 Å². The van der Waals surface area contributed by atoms with E-state index in [0.29, 0.717) is 0 Å². The lowest BCUT2D eigenvalue weighted by Crippen LogP contribution is -2.56. The maximum Gasteiger partial charge on any atom is 0.173 e. The van der Waals surface area contributed by atoms with E-state index in [4.69, 9.17) is 12.2 Å². The quantitative estimate of drug-likeness (QED) is 0.749. The van der Waals surface area contributed by atoms with Gasteiger partial charge in [-0.3, -0.25) is 4.90 Å². The summed E-state index contributed by atoms with van der Waals surface area (Å²) >= 11 is 5.55. The molecule has 0 amide bonds. The van der Waals surface area contributed by atoms with Gasteiger partial charge in [-0.05, 0) is 58.8 Å². The van der Waals surface area contributed by atoms with Gasteiger partial charge in [0, 0.05) is 37.4 Å².